The fourth-order valence-corrected chi connectivity index (χ4v) is 3.30. The second-order valence-electron chi connectivity index (χ2n) is 5.86. The van der Waals surface area contributed by atoms with E-state index in [0.29, 0.717) is 16.7 Å². The van der Waals surface area contributed by atoms with E-state index in [1.54, 1.807) is 41.0 Å². The zero-order valence-corrected chi connectivity index (χ0v) is 15.5. The topological polar surface area (TPSA) is 64.2 Å². The van der Waals surface area contributed by atoms with Gasteiger partial charge in [0.05, 0.1) is 18.1 Å². The monoisotopic (exact) mass is 374 g/mol. The van der Waals surface area contributed by atoms with Gasteiger partial charge in [-0.1, -0.05) is 23.9 Å². The molecule has 1 aromatic carbocycles. The van der Waals surface area contributed by atoms with Crippen molar-refractivity contribution < 1.29 is 13.6 Å². The van der Waals surface area contributed by atoms with Crippen molar-refractivity contribution in [2.24, 2.45) is 7.05 Å². The number of nitrogens with zero attached hydrogens (tertiary/aromatic N) is 4. The number of rotatable bonds is 6. The molecule has 26 heavy (non-hydrogen) atoms. The third-order valence-corrected chi connectivity index (χ3v) is 5.23. The lowest BCUT2D eigenvalue weighted by molar-refractivity contribution is -0.128. The van der Waals surface area contributed by atoms with Gasteiger partial charge in [-0.15, -0.1) is 10.2 Å². The van der Waals surface area contributed by atoms with Gasteiger partial charge in [0.15, 0.2) is 16.7 Å². The number of furan rings is 1. The third-order valence-electron chi connectivity index (χ3n) is 4.23. The molecule has 0 radical (unpaired) electrons. The predicted octanol–water partition coefficient (Wildman–Crippen LogP) is 3.53. The molecule has 1 unspecified atom stereocenters. The van der Waals surface area contributed by atoms with E-state index in [9.17, 15) is 9.18 Å². The van der Waals surface area contributed by atoms with E-state index in [-0.39, 0.29) is 23.5 Å². The molecule has 0 spiro atoms. The molecule has 2 heterocycles. The summed E-state index contributed by atoms with van der Waals surface area (Å²) in [5, 5.41) is 8.86. The normalized spacial score (nSPS) is 12.2. The summed E-state index contributed by atoms with van der Waals surface area (Å²) in [6.45, 7) is 1.91. The standard InChI is InChI=1S/C18H19FN4O2S/c1-12(13-6-8-14(19)9-7-13)22(2)16(24)11-26-18-21-20-17(23(18)3)15-5-4-10-25-15/h4-10,12H,11H2,1-3H3. The fourth-order valence-electron chi connectivity index (χ4n) is 2.47. The summed E-state index contributed by atoms with van der Waals surface area (Å²) in [4.78, 5) is 14.1. The second-order valence-corrected chi connectivity index (χ2v) is 6.81. The van der Waals surface area contributed by atoms with Crippen LogP contribution in [-0.2, 0) is 11.8 Å². The number of benzene rings is 1. The summed E-state index contributed by atoms with van der Waals surface area (Å²) in [5.74, 6) is 1.12. The Balaban J connectivity index is 1.62. The van der Waals surface area contributed by atoms with Gasteiger partial charge >= 0.3 is 0 Å². The molecule has 8 heteroatoms. The van der Waals surface area contributed by atoms with E-state index in [0.717, 1.165) is 5.56 Å². The maximum atomic E-state index is 13.1. The summed E-state index contributed by atoms with van der Waals surface area (Å²) in [6.07, 6.45) is 1.58. The molecule has 0 bridgehead atoms. The molecular formula is C18H19FN4O2S. The molecule has 136 valence electrons. The lowest BCUT2D eigenvalue weighted by atomic mass is 10.1. The first-order chi connectivity index (χ1) is 12.5. The van der Waals surface area contributed by atoms with Gasteiger partial charge in [0, 0.05) is 14.1 Å². The highest BCUT2D eigenvalue weighted by molar-refractivity contribution is 7.99. The molecule has 0 aliphatic heterocycles. The number of thioether (sulfide) groups is 1. The van der Waals surface area contributed by atoms with E-state index in [4.69, 9.17) is 4.42 Å². The van der Waals surface area contributed by atoms with E-state index in [1.165, 1.54) is 23.9 Å². The van der Waals surface area contributed by atoms with Crippen LogP contribution in [0.2, 0.25) is 0 Å². The second kappa shape index (κ2) is 7.74. The fraction of sp³-hybridized carbons (Fsp3) is 0.278. The predicted molar refractivity (Wildman–Crippen MR) is 97.0 cm³/mol. The minimum absolute atomic E-state index is 0.0469. The quantitative estimate of drug-likeness (QED) is 0.618. The Bertz CT molecular complexity index is 877. The van der Waals surface area contributed by atoms with Gasteiger partial charge in [-0.25, -0.2) is 4.39 Å². The van der Waals surface area contributed by atoms with Gasteiger partial charge in [0.1, 0.15) is 5.82 Å². The smallest absolute Gasteiger partial charge is 0.233 e. The molecule has 0 N–H and O–H groups in total. The van der Waals surface area contributed by atoms with E-state index < -0.39 is 0 Å². The molecule has 3 rings (SSSR count). The molecule has 1 atom stereocenters. The van der Waals surface area contributed by atoms with E-state index in [2.05, 4.69) is 10.2 Å². The Labute approximate surface area is 155 Å². The molecule has 0 saturated carbocycles. The average molecular weight is 374 g/mol. The van der Waals surface area contributed by atoms with Crippen LogP contribution in [0.15, 0.2) is 52.2 Å². The highest BCUT2D eigenvalue weighted by Crippen LogP contribution is 2.24. The first-order valence-corrected chi connectivity index (χ1v) is 9.03. The largest absolute Gasteiger partial charge is 0.461 e. The molecule has 0 fully saturated rings. The number of hydrogen-bond acceptors (Lipinski definition) is 5. The Morgan fingerprint density at radius 3 is 2.69 bits per heavy atom. The highest BCUT2D eigenvalue weighted by atomic mass is 32.2. The summed E-state index contributed by atoms with van der Waals surface area (Å²) < 4.78 is 20.2. The third kappa shape index (κ3) is 3.80. The molecule has 1 amide bonds. The van der Waals surface area contributed by atoms with Crippen molar-refractivity contribution >= 4 is 17.7 Å². The summed E-state index contributed by atoms with van der Waals surface area (Å²) in [5.41, 5.74) is 0.881. The van der Waals surface area contributed by atoms with Crippen LogP contribution < -0.4 is 0 Å². The minimum Gasteiger partial charge on any atom is -0.461 e. The van der Waals surface area contributed by atoms with Crippen LogP contribution in [0.5, 0.6) is 0 Å². The van der Waals surface area contributed by atoms with Crippen molar-refractivity contribution in [3.63, 3.8) is 0 Å². The first-order valence-electron chi connectivity index (χ1n) is 8.04. The van der Waals surface area contributed by atoms with Crippen molar-refractivity contribution in [1.82, 2.24) is 19.7 Å². The summed E-state index contributed by atoms with van der Waals surface area (Å²) >= 11 is 1.31. The molecule has 0 aliphatic rings. The van der Waals surface area contributed by atoms with Crippen LogP contribution in [0, 0.1) is 5.82 Å². The van der Waals surface area contributed by atoms with Crippen LogP contribution in [0.1, 0.15) is 18.5 Å². The number of halogens is 1. The SMILES string of the molecule is CC(c1ccc(F)cc1)N(C)C(=O)CSc1nnc(-c2ccco2)n1C. The zero-order valence-electron chi connectivity index (χ0n) is 14.7. The molecular weight excluding hydrogens is 355 g/mol. The zero-order chi connectivity index (χ0) is 18.7. The Morgan fingerprint density at radius 2 is 2.04 bits per heavy atom. The summed E-state index contributed by atoms with van der Waals surface area (Å²) in [6, 6.07) is 9.61. The van der Waals surface area contributed by atoms with Crippen LogP contribution in [0.25, 0.3) is 11.6 Å². The van der Waals surface area contributed by atoms with Crippen molar-refractivity contribution in [3.8, 4) is 11.6 Å². The number of carbonyl (C=O) groups excluding carboxylic acids is 1. The van der Waals surface area contributed by atoms with Crippen LogP contribution >= 0.6 is 11.8 Å². The van der Waals surface area contributed by atoms with Gasteiger partial charge in [-0.05, 0) is 36.8 Å². The van der Waals surface area contributed by atoms with Gasteiger partial charge in [-0.2, -0.15) is 0 Å². The number of amides is 1. The summed E-state index contributed by atoms with van der Waals surface area (Å²) in [7, 11) is 3.57. The molecule has 6 nitrogen and oxygen atoms in total. The van der Waals surface area contributed by atoms with Gasteiger partial charge < -0.3 is 13.9 Å². The number of aromatic nitrogens is 3. The highest BCUT2D eigenvalue weighted by Gasteiger charge is 2.19. The van der Waals surface area contributed by atoms with Crippen LogP contribution in [0.4, 0.5) is 4.39 Å². The Kier molecular flexibility index (Phi) is 5.41. The van der Waals surface area contributed by atoms with Crippen LogP contribution in [-0.4, -0.2) is 38.4 Å². The van der Waals surface area contributed by atoms with Gasteiger partial charge in [-0.3, -0.25) is 4.79 Å². The van der Waals surface area contributed by atoms with Crippen molar-refractivity contribution in [3.05, 3.63) is 54.0 Å². The maximum absolute atomic E-state index is 13.1. The van der Waals surface area contributed by atoms with Crippen molar-refractivity contribution in [2.45, 2.75) is 18.1 Å². The van der Waals surface area contributed by atoms with E-state index >= 15 is 0 Å². The Hall–Kier alpha value is -2.61. The van der Waals surface area contributed by atoms with Gasteiger partial charge in [0.2, 0.25) is 5.91 Å². The lowest BCUT2D eigenvalue weighted by Crippen LogP contribution is -2.31. The molecule has 2 aromatic heterocycles. The lowest BCUT2D eigenvalue weighted by Gasteiger charge is -2.25. The molecule has 0 saturated heterocycles. The number of carbonyl (C=O) groups is 1. The van der Waals surface area contributed by atoms with Crippen LogP contribution in [0.3, 0.4) is 0 Å². The Morgan fingerprint density at radius 1 is 1.31 bits per heavy atom. The average Bonchev–Trinajstić information content (AvgIpc) is 3.29. The molecule has 0 aliphatic carbocycles. The maximum Gasteiger partial charge on any atom is 0.233 e. The van der Waals surface area contributed by atoms with E-state index in [1.807, 2.05) is 20.0 Å². The molecule has 3 aromatic rings. The van der Waals surface area contributed by atoms with Crippen molar-refractivity contribution in [2.75, 3.05) is 12.8 Å². The number of hydrogen-bond donors (Lipinski definition) is 0. The first kappa shape index (κ1) is 18.2. The van der Waals surface area contributed by atoms with Gasteiger partial charge in [0.25, 0.3) is 0 Å². The minimum atomic E-state index is -0.292. The van der Waals surface area contributed by atoms with Crippen molar-refractivity contribution in [1.29, 1.82) is 0 Å².